The standard InChI is InChI=1S/C14H15F3N4O3/c1-8(18)12(22)21(23-2)7-9-3-5-10(6-4-9)11-19-13(24-20-11)14(15,16)17/h3-6,8H,7,18H2,1-2H3. The quantitative estimate of drug-likeness (QED) is 0.834. The first kappa shape index (κ1) is 17.9. The van der Waals surface area contributed by atoms with Crippen molar-refractivity contribution in [1.82, 2.24) is 15.2 Å². The van der Waals surface area contributed by atoms with Gasteiger partial charge in [0, 0.05) is 5.56 Å². The van der Waals surface area contributed by atoms with Crippen LogP contribution in [0.3, 0.4) is 0 Å². The zero-order valence-corrected chi connectivity index (χ0v) is 12.9. The van der Waals surface area contributed by atoms with E-state index in [1.54, 1.807) is 12.1 Å². The van der Waals surface area contributed by atoms with Crippen LogP contribution < -0.4 is 5.73 Å². The molecule has 0 radical (unpaired) electrons. The molecule has 24 heavy (non-hydrogen) atoms. The fourth-order valence-electron chi connectivity index (χ4n) is 1.84. The van der Waals surface area contributed by atoms with Gasteiger partial charge in [-0.3, -0.25) is 9.63 Å². The van der Waals surface area contributed by atoms with E-state index in [0.717, 1.165) is 5.06 Å². The molecule has 0 fully saturated rings. The highest BCUT2D eigenvalue weighted by atomic mass is 19.4. The minimum Gasteiger partial charge on any atom is -0.329 e. The Kier molecular flexibility index (Phi) is 5.20. The number of alkyl halides is 3. The first-order chi connectivity index (χ1) is 11.2. The number of nitrogens with zero attached hydrogens (tertiary/aromatic N) is 3. The largest absolute Gasteiger partial charge is 0.471 e. The molecule has 0 spiro atoms. The van der Waals surface area contributed by atoms with Crippen molar-refractivity contribution >= 4 is 5.91 Å². The lowest BCUT2D eigenvalue weighted by atomic mass is 10.1. The lowest BCUT2D eigenvalue weighted by Gasteiger charge is -2.21. The van der Waals surface area contributed by atoms with E-state index in [-0.39, 0.29) is 12.4 Å². The first-order valence-electron chi connectivity index (χ1n) is 6.83. The van der Waals surface area contributed by atoms with Crippen molar-refractivity contribution in [3.05, 3.63) is 35.7 Å². The molecule has 0 saturated carbocycles. The molecule has 10 heteroatoms. The van der Waals surface area contributed by atoms with Gasteiger partial charge in [-0.05, 0) is 12.5 Å². The van der Waals surface area contributed by atoms with Crippen LogP contribution in [-0.4, -0.2) is 34.3 Å². The van der Waals surface area contributed by atoms with Crippen LogP contribution >= 0.6 is 0 Å². The molecule has 1 aromatic heterocycles. The van der Waals surface area contributed by atoms with Crippen LogP contribution in [0.4, 0.5) is 13.2 Å². The van der Waals surface area contributed by atoms with Gasteiger partial charge >= 0.3 is 12.1 Å². The minimum absolute atomic E-state index is 0.136. The van der Waals surface area contributed by atoms with Gasteiger partial charge in [-0.15, -0.1) is 0 Å². The second-order valence-corrected chi connectivity index (χ2v) is 4.96. The molecule has 0 aliphatic carbocycles. The maximum Gasteiger partial charge on any atom is 0.471 e. The third-order valence-electron chi connectivity index (χ3n) is 3.06. The molecule has 0 aliphatic rings. The number of rotatable bonds is 5. The molecule has 0 bridgehead atoms. The Balaban J connectivity index is 2.13. The van der Waals surface area contributed by atoms with Crippen LogP contribution in [0.1, 0.15) is 18.4 Å². The Morgan fingerprint density at radius 2 is 2.00 bits per heavy atom. The van der Waals surface area contributed by atoms with E-state index in [1.807, 2.05) is 0 Å². The second kappa shape index (κ2) is 6.97. The van der Waals surface area contributed by atoms with Crippen LogP contribution in [-0.2, 0) is 22.4 Å². The maximum atomic E-state index is 12.4. The highest BCUT2D eigenvalue weighted by Gasteiger charge is 2.38. The van der Waals surface area contributed by atoms with Gasteiger partial charge < -0.3 is 10.3 Å². The predicted octanol–water partition coefficient (Wildman–Crippen LogP) is 1.99. The van der Waals surface area contributed by atoms with E-state index < -0.39 is 24.0 Å². The summed E-state index contributed by atoms with van der Waals surface area (Å²) in [6.45, 7) is 1.67. The van der Waals surface area contributed by atoms with E-state index in [0.29, 0.717) is 11.1 Å². The fraction of sp³-hybridized carbons (Fsp3) is 0.357. The number of hydroxylamine groups is 2. The molecule has 2 N–H and O–H groups in total. The van der Waals surface area contributed by atoms with Crippen LogP contribution in [0.5, 0.6) is 0 Å². The molecule has 1 amide bonds. The van der Waals surface area contributed by atoms with E-state index in [2.05, 4.69) is 14.7 Å². The summed E-state index contributed by atoms with van der Waals surface area (Å²) in [7, 11) is 1.34. The van der Waals surface area contributed by atoms with E-state index in [4.69, 9.17) is 10.6 Å². The van der Waals surface area contributed by atoms with Crippen molar-refractivity contribution in [3.63, 3.8) is 0 Å². The number of nitrogens with two attached hydrogens (primary N) is 1. The smallest absolute Gasteiger partial charge is 0.329 e. The number of carbonyl (C=O) groups excluding carboxylic acids is 1. The first-order valence-corrected chi connectivity index (χ1v) is 6.83. The average molecular weight is 344 g/mol. The molecule has 2 aromatic rings. The minimum atomic E-state index is -4.69. The third kappa shape index (κ3) is 4.09. The van der Waals surface area contributed by atoms with E-state index in [9.17, 15) is 18.0 Å². The SMILES string of the molecule is CON(Cc1ccc(-c2noc(C(F)(F)F)n2)cc1)C(=O)C(C)N. The predicted molar refractivity (Wildman–Crippen MR) is 75.9 cm³/mol. The Morgan fingerprint density at radius 1 is 1.38 bits per heavy atom. The van der Waals surface area contributed by atoms with Gasteiger partial charge in [-0.25, -0.2) is 5.06 Å². The van der Waals surface area contributed by atoms with Gasteiger partial charge in [0.15, 0.2) is 0 Å². The molecule has 0 aliphatic heterocycles. The number of amides is 1. The summed E-state index contributed by atoms with van der Waals surface area (Å²) in [5, 5.41) is 4.39. The summed E-state index contributed by atoms with van der Waals surface area (Å²) >= 11 is 0. The van der Waals surface area contributed by atoms with Crippen molar-refractivity contribution in [2.75, 3.05) is 7.11 Å². The van der Waals surface area contributed by atoms with E-state index >= 15 is 0 Å². The molecule has 2 rings (SSSR count). The Hall–Kier alpha value is -2.46. The summed E-state index contributed by atoms with van der Waals surface area (Å²) in [4.78, 5) is 20.1. The van der Waals surface area contributed by atoms with Crippen molar-refractivity contribution in [1.29, 1.82) is 0 Å². The number of halogens is 3. The van der Waals surface area contributed by atoms with Gasteiger partial charge in [-0.2, -0.15) is 18.2 Å². The highest BCUT2D eigenvalue weighted by Crippen LogP contribution is 2.29. The summed E-state index contributed by atoms with van der Waals surface area (Å²) < 4.78 is 41.5. The van der Waals surface area contributed by atoms with Crippen molar-refractivity contribution in [3.8, 4) is 11.4 Å². The molecule has 1 heterocycles. The van der Waals surface area contributed by atoms with Crippen LogP contribution in [0.2, 0.25) is 0 Å². The number of benzene rings is 1. The van der Waals surface area contributed by atoms with Crippen molar-refractivity contribution in [2.45, 2.75) is 25.7 Å². The van der Waals surface area contributed by atoms with Crippen LogP contribution in [0.15, 0.2) is 28.8 Å². The van der Waals surface area contributed by atoms with Gasteiger partial charge in [0.2, 0.25) is 5.82 Å². The summed E-state index contributed by atoms with van der Waals surface area (Å²) in [5.74, 6) is -1.98. The molecular weight excluding hydrogens is 329 g/mol. The lowest BCUT2D eigenvalue weighted by molar-refractivity contribution is -0.180. The molecular formula is C14H15F3N4O3. The molecule has 130 valence electrons. The number of hydrogen-bond donors (Lipinski definition) is 1. The normalized spacial score (nSPS) is 12.9. The molecule has 1 aromatic carbocycles. The zero-order chi connectivity index (χ0) is 17.9. The Morgan fingerprint density at radius 3 is 2.46 bits per heavy atom. The van der Waals surface area contributed by atoms with Crippen molar-refractivity contribution in [2.24, 2.45) is 5.73 Å². The topological polar surface area (TPSA) is 94.5 Å². The second-order valence-electron chi connectivity index (χ2n) is 4.96. The van der Waals surface area contributed by atoms with Gasteiger partial charge in [-0.1, -0.05) is 29.4 Å². The molecule has 1 unspecified atom stereocenters. The third-order valence-corrected chi connectivity index (χ3v) is 3.06. The van der Waals surface area contributed by atoms with Gasteiger partial charge in [0.05, 0.1) is 19.7 Å². The van der Waals surface area contributed by atoms with Crippen LogP contribution in [0, 0.1) is 0 Å². The molecule has 7 nitrogen and oxygen atoms in total. The monoisotopic (exact) mass is 344 g/mol. The van der Waals surface area contributed by atoms with E-state index in [1.165, 1.54) is 26.2 Å². The number of hydrogen-bond acceptors (Lipinski definition) is 6. The zero-order valence-electron chi connectivity index (χ0n) is 12.9. The summed E-state index contributed by atoms with van der Waals surface area (Å²) in [6.07, 6.45) is -4.69. The average Bonchev–Trinajstić information content (AvgIpc) is 3.02. The maximum absolute atomic E-state index is 12.4. The van der Waals surface area contributed by atoms with Crippen molar-refractivity contribution < 1.29 is 27.3 Å². The molecule has 0 saturated heterocycles. The summed E-state index contributed by atoms with van der Waals surface area (Å²) in [5.41, 5.74) is 6.55. The Labute approximate surface area is 135 Å². The van der Waals surface area contributed by atoms with Gasteiger partial charge in [0.1, 0.15) is 0 Å². The van der Waals surface area contributed by atoms with Gasteiger partial charge in [0.25, 0.3) is 5.91 Å². The van der Waals surface area contributed by atoms with Crippen LogP contribution in [0.25, 0.3) is 11.4 Å². The Bertz CT molecular complexity index is 698. The highest BCUT2D eigenvalue weighted by molar-refractivity contribution is 5.80. The number of carbonyl (C=O) groups is 1. The fourth-order valence-corrected chi connectivity index (χ4v) is 1.84. The lowest BCUT2D eigenvalue weighted by Crippen LogP contribution is -2.40. The summed E-state index contributed by atoms with van der Waals surface area (Å²) in [6, 6.07) is 5.54. The number of aromatic nitrogens is 2. The molecule has 1 atom stereocenters.